The Kier molecular flexibility index (Phi) is 4.24. The molecule has 1 amide bonds. The number of nitrogens with one attached hydrogen (secondary N) is 1. The van der Waals surface area contributed by atoms with Crippen LogP contribution in [0.15, 0.2) is 0 Å². The predicted octanol–water partition coefficient (Wildman–Crippen LogP) is 0.710. The second-order valence-corrected chi connectivity index (χ2v) is 4.34. The number of likely N-dealkylation sites (N-methyl/N-ethyl adjacent to an activating group) is 2. The predicted molar refractivity (Wildman–Crippen MR) is 51.0 cm³/mol. The van der Waals surface area contributed by atoms with Crippen molar-refractivity contribution in [2.45, 2.75) is 20.8 Å². The Morgan fingerprint density at radius 3 is 2.25 bits per heavy atom. The van der Waals surface area contributed by atoms with Crippen LogP contribution >= 0.6 is 0 Å². The largest absolute Gasteiger partial charge is 0.344 e. The van der Waals surface area contributed by atoms with Gasteiger partial charge in [-0.05, 0) is 12.5 Å². The molecule has 3 nitrogen and oxygen atoms in total. The lowest BCUT2D eigenvalue weighted by Gasteiger charge is -2.26. The van der Waals surface area contributed by atoms with E-state index in [9.17, 15) is 4.79 Å². The summed E-state index contributed by atoms with van der Waals surface area (Å²) in [5, 5.41) is 2.84. The van der Waals surface area contributed by atoms with Crippen LogP contribution in [0, 0.1) is 5.41 Å². The molecule has 0 rings (SSSR count). The van der Waals surface area contributed by atoms with Gasteiger partial charge in [0.25, 0.3) is 0 Å². The van der Waals surface area contributed by atoms with Crippen molar-refractivity contribution in [3.05, 3.63) is 0 Å². The van der Waals surface area contributed by atoms with Gasteiger partial charge in [0.15, 0.2) is 0 Å². The molecule has 3 heteroatoms. The van der Waals surface area contributed by atoms with Gasteiger partial charge in [0.2, 0.25) is 5.91 Å². The zero-order valence-corrected chi connectivity index (χ0v) is 8.77. The minimum absolute atomic E-state index is 0.146. The molecule has 0 aliphatic carbocycles. The summed E-state index contributed by atoms with van der Waals surface area (Å²) in [6, 6.07) is 0. The smallest absolute Gasteiger partial charge is 0.236 e. The first-order valence-corrected chi connectivity index (χ1v) is 4.25. The maximum absolute atomic E-state index is 11.3. The number of hydrogen-bond donors (Lipinski definition) is 1. The highest BCUT2D eigenvalue weighted by molar-refractivity contribution is 5.77. The SMILES string of the molecule is CNCC(=O)N(C)CC(C)(C)C. The van der Waals surface area contributed by atoms with Crippen molar-refractivity contribution in [2.75, 3.05) is 27.2 Å². The molecule has 12 heavy (non-hydrogen) atoms. The number of rotatable bonds is 3. The minimum Gasteiger partial charge on any atom is -0.344 e. The van der Waals surface area contributed by atoms with Crippen LogP contribution < -0.4 is 5.32 Å². The third-order valence-electron chi connectivity index (χ3n) is 1.47. The second kappa shape index (κ2) is 4.45. The molecule has 1 N–H and O–H groups in total. The topological polar surface area (TPSA) is 32.3 Å². The fraction of sp³-hybridized carbons (Fsp3) is 0.889. The van der Waals surface area contributed by atoms with E-state index in [0.29, 0.717) is 6.54 Å². The van der Waals surface area contributed by atoms with Crippen LogP contribution in [0.3, 0.4) is 0 Å². The molecule has 0 atom stereocenters. The van der Waals surface area contributed by atoms with Gasteiger partial charge in [-0.15, -0.1) is 0 Å². The van der Waals surface area contributed by atoms with E-state index in [1.807, 2.05) is 7.05 Å². The maximum atomic E-state index is 11.3. The zero-order valence-electron chi connectivity index (χ0n) is 8.77. The Morgan fingerprint density at radius 2 is 1.92 bits per heavy atom. The molecule has 0 heterocycles. The standard InChI is InChI=1S/C9H20N2O/c1-9(2,3)7-11(5)8(12)6-10-4/h10H,6-7H2,1-5H3. The molecule has 0 spiro atoms. The Hall–Kier alpha value is -0.570. The first kappa shape index (κ1) is 11.4. The number of hydrogen-bond acceptors (Lipinski definition) is 2. The van der Waals surface area contributed by atoms with Gasteiger partial charge in [-0.2, -0.15) is 0 Å². The summed E-state index contributed by atoms with van der Waals surface area (Å²) in [7, 11) is 3.62. The number of amides is 1. The van der Waals surface area contributed by atoms with Crippen molar-refractivity contribution in [3.63, 3.8) is 0 Å². The van der Waals surface area contributed by atoms with Crippen molar-refractivity contribution < 1.29 is 4.79 Å². The second-order valence-electron chi connectivity index (χ2n) is 4.34. The van der Waals surface area contributed by atoms with Gasteiger partial charge in [-0.3, -0.25) is 4.79 Å². The lowest BCUT2D eigenvalue weighted by molar-refractivity contribution is -0.129. The first-order valence-electron chi connectivity index (χ1n) is 4.25. The molecule has 0 fully saturated rings. The fourth-order valence-electron chi connectivity index (χ4n) is 1.09. The lowest BCUT2D eigenvalue weighted by Crippen LogP contribution is -2.39. The normalized spacial score (nSPS) is 11.4. The molecule has 0 bridgehead atoms. The van der Waals surface area contributed by atoms with E-state index in [2.05, 4.69) is 26.1 Å². The molecule has 72 valence electrons. The summed E-state index contributed by atoms with van der Waals surface area (Å²) in [5.41, 5.74) is 0.179. The van der Waals surface area contributed by atoms with E-state index in [4.69, 9.17) is 0 Å². The Balaban J connectivity index is 3.87. The number of carbonyl (C=O) groups is 1. The van der Waals surface area contributed by atoms with E-state index in [0.717, 1.165) is 6.54 Å². The summed E-state index contributed by atoms with van der Waals surface area (Å²) >= 11 is 0. The fourth-order valence-corrected chi connectivity index (χ4v) is 1.09. The van der Waals surface area contributed by atoms with Crippen LogP contribution in [0.25, 0.3) is 0 Å². The minimum atomic E-state index is 0.146. The molecule has 0 aliphatic heterocycles. The summed E-state index contributed by atoms with van der Waals surface area (Å²) in [6.07, 6.45) is 0. The molecule has 0 aromatic carbocycles. The average molecular weight is 172 g/mol. The summed E-state index contributed by atoms with van der Waals surface area (Å²) in [6.45, 7) is 7.59. The van der Waals surface area contributed by atoms with Crippen LogP contribution in [-0.4, -0.2) is 38.0 Å². The van der Waals surface area contributed by atoms with Gasteiger partial charge < -0.3 is 10.2 Å². The molecule has 0 aromatic heterocycles. The molecule has 0 saturated carbocycles. The van der Waals surface area contributed by atoms with Gasteiger partial charge >= 0.3 is 0 Å². The van der Waals surface area contributed by atoms with Crippen LogP contribution in [0.1, 0.15) is 20.8 Å². The van der Waals surface area contributed by atoms with E-state index in [-0.39, 0.29) is 11.3 Å². The molecule has 0 aliphatic rings. The summed E-state index contributed by atoms with van der Waals surface area (Å²) in [5.74, 6) is 0.146. The van der Waals surface area contributed by atoms with Crippen molar-refractivity contribution >= 4 is 5.91 Å². The molecular formula is C9H20N2O. The molecule has 0 unspecified atom stereocenters. The third-order valence-corrected chi connectivity index (χ3v) is 1.47. The van der Waals surface area contributed by atoms with Gasteiger partial charge in [-0.1, -0.05) is 20.8 Å². The van der Waals surface area contributed by atoms with Crippen LogP contribution in [0.5, 0.6) is 0 Å². The monoisotopic (exact) mass is 172 g/mol. The van der Waals surface area contributed by atoms with Gasteiger partial charge in [0, 0.05) is 13.6 Å². The van der Waals surface area contributed by atoms with Crippen molar-refractivity contribution in [1.29, 1.82) is 0 Å². The highest BCUT2D eigenvalue weighted by Gasteiger charge is 2.16. The molecule has 0 saturated heterocycles. The van der Waals surface area contributed by atoms with Crippen LogP contribution in [0.4, 0.5) is 0 Å². The summed E-state index contributed by atoms with van der Waals surface area (Å²) in [4.78, 5) is 13.0. The molecular weight excluding hydrogens is 152 g/mol. The first-order chi connectivity index (χ1) is 5.37. The number of carbonyl (C=O) groups excluding carboxylic acids is 1. The Morgan fingerprint density at radius 1 is 1.42 bits per heavy atom. The van der Waals surface area contributed by atoms with Crippen molar-refractivity contribution in [2.24, 2.45) is 5.41 Å². The van der Waals surface area contributed by atoms with Crippen LogP contribution in [-0.2, 0) is 4.79 Å². The highest BCUT2D eigenvalue weighted by Crippen LogP contribution is 2.13. The van der Waals surface area contributed by atoms with Gasteiger partial charge in [-0.25, -0.2) is 0 Å². The van der Waals surface area contributed by atoms with E-state index < -0.39 is 0 Å². The van der Waals surface area contributed by atoms with E-state index >= 15 is 0 Å². The van der Waals surface area contributed by atoms with E-state index in [1.165, 1.54) is 0 Å². The maximum Gasteiger partial charge on any atom is 0.236 e. The average Bonchev–Trinajstić information content (AvgIpc) is 1.84. The van der Waals surface area contributed by atoms with Gasteiger partial charge in [0.1, 0.15) is 0 Å². The van der Waals surface area contributed by atoms with E-state index in [1.54, 1.807) is 11.9 Å². The van der Waals surface area contributed by atoms with Crippen LogP contribution in [0.2, 0.25) is 0 Å². The number of nitrogens with zero attached hydrogens (tertiary/aromatic N) is 1. The molecule has 0 aromatic rings. The highest BCUT2D eigenvalue weighted by atomic mass is 16.2. The van der Waals surface area contributed by atoms with Crippen molar-refractivity contribution in [1.82, 2.24) is 10.2 Å². The third kappa shape index (κ3) is 5.13. The quantitative estimate of drug-likeness (QED) is 0.680. The molecule has 0 radical (unpaired) electrons. The Labute approximate surface area is 75.1 Å². The van der Waals surface area contributed by atoms with Gasteiger partial charge in [0.05, 0.1) is 6.54 Å². The Bertz CT molecular complexity index is 149. The van der Waals surface area contributed by atoms with Crippen molar-refractivity contribution in [3.8, 4) is 0 Å². The summed E-state index contributed by atoms with van der Waals surface area (Å²) < 4.78 is 0. The lowest BCUT2D eigenvalue weighted by atomic mass is 9.96. The zero-order chi connectivity index (χ0) is 9.78.